The number of nitrogens with zero attached hydrogens (tertiary/aromatic N) is 2. The fourth-order valence-electron chi connectivity index (χ4n) is 1.92. The zero-order chi connectivity index (χ0) is 15.1. The van der Waals surface area contributed by atoms with Crippen molar-refractivity contribution >= 4 is 16.9 Å². The number of carboxylic acids is 1. The van der Waals surface area contributed by atoms with Gasteiger partial charge >= 0.3 is 12.1 Å². The molecule has 0 fully saturated rings. The predicted octanol–water partition coefficient (Wildman–Crippen LogP) is 3.01. The number of para-hydroxylation sites is 1. The van der Waals surface area contributed by atoms with Gasteiger partial charge in [0.15, 0.2) is 0 Å². The average Bonchev–Trinajstić information content (AvgIpc) is 2.35. The number of halogens is 3. The number of alkyl halides is 3. The topological polar surface area (TPSA) is 63.1 Å². The number of rotatable bonds is 2. The Hall–Kier alpha value is -2.18. The van der Waals surface area contributed by atoms with Crippen molar-refractivity contribution in [3.05, 3.63) is 35.8 Å². The summed E-state index contributed by atoms with van der Waals surface area (Å²) in [6.45, 7) is 2.77. The molecule has 1 heterocycles. The Kier molecular flexibility index (Phi) is 3.15. The van der Waals surface area contributed by atoms with Gasteiger partial charge in [-0.3, -0.25) is 4.79 Å². The van der Waals surface area contributed by atoms with Gasteiger partial charge in [-0.1, -0.05) is 12.1 Å². The SMILES string of the molecule is CC(C)(C(=O)O)c1ncnc2c(C(F)(F)F)cccc12. The van der Waals surface area contributed by atoms with E-state index in [0.717, 1.165) is 12.4 Å². The van der Waals surface area contributed by atoms with E-state index in [1.807, 2.05) is 0 Å². The summed E-state index contributed by atoms with van der Waals surface area (Å²) in [7, 11) is 0. The molecule has 4 nitrogen and oxygen atoms in total. The van der Waals surface area contributed by atoms with E-state index in [0.29, 0.717) is 0 Å². The largest absolute Gasteiger partial charge is 0.481 e. The Bertz CT molecular complexity index is 681. The number of aliphatic carboxylic acids is 1. The van der Waals surface area contributed by atoms with Crippen LogP contribution in [0.25, 0.3) is 10.9 Å². The third-order valence-electron chi connectivity index (χ3n) is 3.10. The summed E-state index contributed by atoms with van der Waals surface area (Å²) in [5, 5.41) is 9.29. The van der Waals surface area contributed by atoms with Gasteiger partial charge in [-0.15, -0.1) is 0 Å². The van der Waals surface area contributed by atoms with Crippen LogP contribution < -0.4 is 0 Å². The molecule has 20 heavy (non-hydrogen) atoms. The predicted molar refractivity (Wildman–Crippen MR) is 65.2 cm³/mol. The highest BCUT2D eigenvalue weighted by molar-refractivity contribution is 5.91. The van der Waals surface area contributed by atoms with Gasteiger partial charge < -0.3 is 5.11 Å². The summed E-state index contributed by atoms with van der Waals surface area (Å²) >= 11 is 0. The molecule has 2 aromatic rings. The van der Waals surface area contributed by atoms with Gasteiger partial charge in [-0.25, -0.2) is 9.97 Å². The Balaban J connectivity index is 2.82. The molecule has 0 radical (unpaired) electrons. The summed E-state index contributed by atoms with van der Waals surface area (Å²) in [6.07, 6.45) is -3.60. The van der Waals surface area contributed by atoms with E-state index in [-0.39, 0.29) is 16.6 Å². The first kappa shape index (κ1) is 14.2. The molecule has 0 unspecified atom stereocenters. The third-order valence-corrected chi connectivity index (χ3v) is 3.10. The van der Waals surface area contributed by atoms with E-state index >= 15 is 0 Å². The van der Waals surface area contributed by atoms with Crippen molar-refractivity contribution in [2.24, 2.45) is 0 Å². The fourth-order valence-corrected chi connectivity index (χ4v) is 1.92. The normalized spacial score (nSPS) is 12.7. The van der Waals surface area contributed by atoms with Crippen molar-refractivity contribution in [1.82, 2.24) is 9.97 Å². The molecule has 0 bridgehead atoms. The average molecular weight is 284 g/mol. The highest BCUT2D eigenvalue weighted by atomic mass is 19.4. The lowest BCUT2D eigenvalue weighted by Gasteiger charge is -2.20. The van der Waals surface area contributed by atoms with Crippen molar-refractivity contribution in [3.63, 3.8) is 0 Å². The van der Waals surface area contributed by atoms with Gasteiger partial charge in [0.1, 0.15) is 11.7 Å². The van der Waals surface area contributed by atoms with E-state index in [1.54, 1.807) is 0 Å². The van der Waals surface area contributed by atoms with Crippen LogP contribution in [-0.2, 0) is 16.4 Å². The van der Waals surface area contributed by atoms with Crippen molar-refractivity contribution in [3.8, 4) is 0 Å². The minimum atomic E-state index is -4.56. The number of benzene rings is 1. The van der Waals surface area contributed by atoms with Crippen LogP contribution in [-0.4, -0.2) is 21.0 Å². The van der Waals surface area contributed by atoms with Gasteiger partial charge in [0.2, 0.25) is 0 Å². The van der Waals surface area contributed by atoms with Crippen molar-refractivity contribution in [1.29, 1.82) is 0 Å². The molecule has 0 saturated heterocycles. The molecular weight excluding hydrogens is 273 g/mol. The molecule has 1 aromatic carbocycles. The zero-order valence-electron chi connectivity index (χ0n) is 10.7. The molecule has 1 aromatic heterocycles. The molecule has 1 N–H and O–H groups in total. The fraction of sp³-hybridized carbons (Fsp3) is 0.308. The van der Waals surface area contributed by atoms with E-state index in [1.165, 1.54) is 26.0 Å². The van der Waals surface area contributed by atoms with Crippen molar-refractivity contribution in [2.75, 3.05) is 0 Å². The zero-order valence-corrected chi connectivity index (χ0v) is 10.7. The number of carboxylic acid groups (broad SMARTS) is 1. The monoisotopic (exact) mass is 284 g/mol. The van der Waals surface area contributed by atoms with Crippen molar-refractivity contribution in [2.45, 2.75) is 25.4 Å². The molecule has 0 spiro atoms. The first-order chi connectivity index (χ1) is 9.15. The van der Waals surface area contributed by atoms with Crippen LogP contribution in [0.1, 0.15) is 25.1 Å². The van der Waals surface area contributed by atoms with Crippen LogP contribution >= 0.6 is 0 Å². The summed E-state index contributed by atoms with van der Waals surface area (Å²) < 4.78 is 38.8. The van der Waals surface area contributed by atoms with Gasteiger partial charge in [0, 0.05) is 5.39 Å². The van der Waals surface area contributed by atoms with E-state index in [9.17, 15) is 23.1 Å². The van der Waals surface area contributed by atoms with Crippen LogP contribution in [0.3, 0.4) is 0 Å². The highest BCUT2D eigenvalue weighted by Gasteiger charge is 2.36. The van der Waals surface area contributed by atoms with Crippen LogP contribution in [0, 0.1) is 0 Å². The minimum Gasteiger partial charge on any atom is -0.481 e. The molecule has 2 rings (SSSR count). The van der Waals surface area contributed by atoms with Crippen molar-refractivity contribution < 1.29 is 23.1 Å². The summed E-state index contributed by atoms with van der Waals surface area (Å²) in [6, 6.07) is 3.52. The number of carbonyl (C=O) groups is 1. The number of fused-ring (bicyclic) bond motifs is 1. The molecule has 0 amide bonds. The summed E-state index contributed by atoms with van der Waals surface area (Å²) in [5.41, 5.74) is -2.55. The minimum absolute atomic E-state index is 0.0566. The first-order valence-electron chi connectivity index (χ1n) is 5.70. The standard InChI is InChI=1S/C13H11F3N2O2/c1-12(2,11(19)20)10-7-4-3-5-8(13(14,15)16)9(7)17-6-18-10/h3-6H,1-2H3,(H,19,20). The number of hydrogen-bond acceptors (Lipinski definition) is 3. The second-order valence-corrected chi connectivity index (χ2v) is 4.85. The lowest BCUT2D eigenvalue weighted by molar-refractivity contribution is -0.142. The first-order valence-corrected chi connectivity index (χ1v) is 5.70. The van der Waals surface area contributed by atoms with Crippen LogP contribution in [0.4, 0.5) is 13.2 Å². The lowest BCUT2D eigenvalue weighted by Crippen LogP contribution is -2.30. The summed E-state index contributed by atoms with van der Waals surface area (Å²) in [5.74, 6) is -1.17. The second kappa shape index (κ2) is 4.43. The van der Waals surface area contributed by atoms with E-state index < -0.39 is 23.1 Å². The molecule has 0 aliphatic carbocycles. The van der Waals surface area contributed by atoms with E-state index in [2.05, 4.69) is 9.97 Å². The molecule has 0 aliphatic heterocycles. The Morgan fingerprint density at radius 2 is 1.85 bits per heavy atom. The van der Waals surface area contributed by atoms with Crippen LogP contribution in [0.5, 0.6) is 0 Å². The maximum atomic E-state index is 12.9. The molecule has 7 heteroatoms. The molecule has 0 atom stereocenters. The van der Waals surface area contributed by atoms with Gasteiger partial charge in [-0.2, -0.15) is 13.2 Å². The molecule has 106 valence electrons. The van der Waals surface area contributed by atoms with Gasteiger partial charge in [0.25, 0.3) is 0 Å². The molecule has 0 saturated carbocycles. The summed E-state index contributed by atoms with van der Waals surface area (Å²) in [4.78, 5) is 18.8. The number of aromatic nitrogens is 2. The van der Waals surface area contributed by atoms with Gasteiger partial charge in [-0.05, 0) is 19.9 Å². The maximum absolute atomic E-state index is 12.9. The van der Waals surface area contributed by atoms with E-state index in [4.69, 9.17) is 0 Å². The number of hydrogen-bond donors (Lipinski definition) is 1. The van der Waals surface area contributed by atoms with Crippen LogP contribution in [0.15, 0.2) is 24.5 Å². The smallest absolute Gasteiger partial charge is 0.418 e. The third kappa shape index (κ3) is 2.19. The Labute approximate surface area is 112 Å². The van der Waals surface area contributed by atoms with Crippen LogP contribution in [0.2, 0.25) is 0 Å². The maximum Gasteiger partial charge on any atom is 0.418 e. The van der Waals surface area contributed by atoms with Gasteiger partial charge in [0.05, 0.1) is 16.8 Å². The Morgan fingerprint density at radius 3 is 2.40 bits per heavy atom. The quantitative estimate of drug-likeness (QED) is 0.920. The highest BCUT2D eigenvalue weighted by Crippen LogP contribution is 2.36. The lowest BCUT2D eigenvalue weighted by atomic mass is 9.86. The molecular formula is C13H11F3N2O2. The Morgan fingerprint density at radius 1 is 1.20 bits per heavy atom. The molecule has 0 aliphatic rings. The second-order valence-electron chi connectivity index (χ2n) is 4.85.